The van der Waals surface area contributed by atoms with E-state index in [4.69, 9.17) is 1.28 Å². The molecule has 7 heavy (non-hydrogen) atoms. The highest BCUT2D eigenvalue weighted by Crippen LogP contribution is 2.18. The van der Waals surface area contributed by atoms with E-state index in [0.29, 0.717) is 0 Å². The van der Waals surface area contributed by atoms with Gasteiger partial charge in [0, 0.05) is 0 Å². The first-order valence-corrected chi connectivity index (χ1v) is 1.77. The Kier molecular flexibility index (Phi) is 1.28. The van der Waals surface area contributed by atoms with Gasteiger partial charge >= 0.3 is 6.18 Å². The molecule has 0 rings (SSSR count). The van der Waals surface area contributed by atoms with E-state index in [-0.39, 0.29) is 0 Å². The molecule has 0 aromatic carbocycles. The zero-order valence-electron chi connectivity index (χ0n) is 4.04. The molecule has 0 aromatic rings. The average molecular weight is 131 g/mol. The van der Waals surface area contributed by atoms with Gasteiger partial charge in [-0.3, -0.25) is 4.79 Å². The van der Waals surface area contributed by atoms with Crippen LogP contribution < -0.4 is 0 Å². The highest BCUT2D eigenvalue weighted by Gasteiger charge is 2.34. The smallest absolute Gasteiger partial charge is 0.285 e. The Labute approximate surface area is 41.4 Å². The van der Waals surface area contributed by atoms with Gasteiger partial charge in [0.15, 0.2) is 0 Å². The normalized spacial score (nSPS) is 15.0. The molecule has 0 heterocycles. The highest BCUT2D eigenvalue weighted by molar-refractivity contribution is 7.40. The van der Waals surface area contributed by atoms with E-state index in [2.05, 4.69) is 0 Å². The molecule has 0 aromatic heterocycles. The summed E-state index contributed by atoms with van der Waals surface area (Å²) in [7, 11) is -1.43. The summed E-state index contributed by atoms with van der Waals surface area (Å²) in [5, 5.41) is 0. The number of hydrogen-bond acceptors (Lipinski definition) is 1. The summed E-state index contributed by atoms with van der Waals surface area (Å²) < 4.78 is 39.0. The largest absolute Gasteiger partial charge is 0.453 e. The van der Waals surface area contributed by atoms with Crippen LogP contribution in [-0.4, -0.2) is 13.0 Å². The van der Waals surface area contributed by atoms with Crippen LogP contribution in [0.1, 0.15) is 0 Å². The number of carbonyl (C=O) groups is 1. The lowest BCUT2D eigenvalue weighted by Gasteiger charge is -1.95. The molecule has 0 saturated carbocycles. The molecule has 0 spiro atoms. The Morgan fingerprint density at radius 1 is 1.71 bits per heavy atom. The molecule has 0 N–H and O–H groups in total. The van der Waals surface area contributed by atoms with Crippen LogP contribution in [-0.2, 0) is 4.79 Å². The van der Waals surface area contributed by atoms with Crippen LogP contribution in [0, 0.1) is 0 Å². The van der Waals surface area contributed by atoms with Crippen molar-refractivity contribution in [3.8, 4) is 0 Å². The third-order valence-electron chi connectivity index (χ3n) is 0.257. The molecule has 0 aliphatic heterocycles. The summed E-state index contributed by atoms with van der Waals surface area (Å²) in [5.41, 5.74) is -1.97. The van der Waals surface area contributed by atoms with Gasteiger partial charge in [0.05, 0.1) is 1.28 Å². The second kappa shape index (κ2) is 1.78. The minimum atomic E-state index is -4.81. The first-order chi connectivity index (χ1) is 3.48. The molecule has 0 fully saturated rings. The second-order valence-electron chi connectivity index (χ2n) is 0.827. The molecule has 0 amide bonds. The lowest BCUT2D eigenvalue weighted by Crippen LogP contribution is -2.15. The molecule has 1 unspecified atom stereocenters. The van der Waals surface area contributed by atoms with Gasteiger partial charge in [-0.25, -0.2) is 0 Å². The molecule has 1 nitrogen and oxygen atoms in total. The first kappa shape index (κ1) is 5.04. The van der Waals surface area contributed by atoms with Crippen molar-refractivity contribution < 1.29 is 18.0 Å². The summed E-state index contributed by atoms with van der Waals surface area (Å²) in [6.07, 6.45) is -4.81. The van der Waals surface area contributed by atoms with E-state index in [1.807, 2.05) is 0 Å². The van der Waals surface area contributed by atoms with Crippen molar-refractivity contribution >= 4 is 14.7 Å². The Morgan fingerprint density at radius 3 is 2.14 bits per heavy atom. The summed E-state index contributed by atoms with van der Waals surface area (Å²) in [4.78, 5) is 9.53. The minimum Gasteiger partial charge on any atom is -0.285 e. The van der Waals surface area contributed by atoms with Gasteiger partial charge < -0.3 is 0 Å². The third-order valence-corrected chi connectivity index (χ3v) is 0.541. The van der Waals surface area contributed by atoms with Gasteiger partial charge in [-0.1, -0.05) is 9.18 Å². The molecule has 42 valence electrons. The maximum Gasteiger partial charge on any atom is 0.453 e. The van der Waals surface area contributed by atoms with E-state index < -0.39 is 20.9 Å². The Morgan fingerprint density at radius 2 is 2.14 bits per heavy atom. The van der Waals surface area contributed by atoms with Crippen molar-refractivity contribution in [2.24, 2.45) is 0 Å². The summed E-state index contributed by atoms with van der Waals surface area (Å²) >= 11 is 0. The fourth-order valence-corrected chi connectivity index (χ4v) is 0. The van der Waals surface area contributed by atoms with Crippen molar-refractivity contribution in [1.82, 2.24) is 0 Å². The van der Waals surface area contributed by atoms with Crippen LogP contribution in [0.5, 0.6) is 0 Å². The number of rotatable bonds is 1. The fourth-order valence-electron chi connectivity index (χ4n) is 0. The molecule has 0 bridgehead atoms. The van der Waals surface area contributed by atoms with E-state index >= 15 is 0 Å². The van der Waals surface area contributed by atoms with E-state index in [9.17, 15) is 18.0 Å². The monoisotopic (exact) mass is 131 g/mol. The lowest BCUT2D eigenvalue weighted by atomic mass is 10.8. The molecular formula is C2H2F3OP. The van der Waals surface area contributed by atoms with Crippen LogP contribution >= 0.6 is 9.18 Å². The van der Waals surface area contributed by atoms with Gasteiger partial charge in [-0.2, -0.15) is 13.2 Å². The first-order valence-electron chi connectivity index (χ1n) is 1.77. The highest BCUT2D eigenvalue weighted by atomic mass is 31.0. The lowest BCUT2D eigenvalue weighted by molar-refractivity contribution is -0.160. The van der Waals surface area contributed by atoms with Crippen LogP contribution in [0.2, 0.25) is 0 Å². The quantitative estimate of drug-likeness (QED) is 0.484. The molecular weight excluding hydrogens is 128 g/mol. The van der Waals surface area contributed by atoms with Crippen LogP contribution in [0.25, 0.3) is 0 Å². The summed E-state index contributed by atoms with van der Waals surface area (Å²) in [6.45, 7) is 0. The van der Waals surface area contributed by atoms with Gasteiger partial charge in [0.25, 0.3) is 5.52 Å². The van der Waals surface area contributed by atoms with Crippen LogP contribution in [0.4, 0.5) is 13.2 Å². The number of halogens is 3. The van der Waals surface area contributed by atoms with Gasteiger partial charge in [0.1, 0.15) is 0 Å². The molecule has 0 saturated heterocycles. The third kappa shape index (κ3) is 2.57. The number of alkyl halides is 3. The van der Waals surface area contributed by atoms with Crippen molar-refractivity contribution in [1.29, 1.82) is 1.28 Å². The topological polar surface area (TPSA) is 17.1 Å². The van der Waals surface area contributed by atoms with Gasteiger partial charge in [0.2, 0.25) is 0 Å². The number of hydrogen-bond donors (Lipinski definition) is 0. The molecule has 1 atom stereocenters. The van der Waals surface area contributed by atoms with E-state index in [1.165, 1.54) is 0 Å². The predicted molar refractivity (Wildman–Crippen MR) is 20.8 cm³/mol. The van der Waals surface area contributed by atoms with Crippen molar-refractivity contribution in [2.45, 2.75) is 6.18 Å². The van der Waals surface area contributed by atoms with Crippen molar-refractivity contribution in [2.75, 3.05) is 0 Å². The van der Waals surface area contributed by atoms with Gasteiger partial charge in [-0.05, 0) is 0 Å². The van der Waals surface area contributed by atoms with Crippen LogP contribution in [0.15, 0.2) is 0 Å². The molecule has 0 radical (unpaired) electrons. The standard InChI is InChI=1S/C2H2F3OP/c3-2(4,5)1(6)7/h7H2/i7D. The van der Waals surface area contributed by atoms with E-state index in [0.717, 1.165) is 0 Å². The van der Waals surface area contributed by atoms with Crippen LogP contribution in [0.3, 0.4) is 0 Å². The zero-order chi connectivity index (χ0) is 6.78. The zero-order valence-corrected chi connectivity index (χ0v) is 4.04. The Bertz CT molecular complexity index is 99.9. The second-order valence-corrected chi connectivity index (χ2v) is 1.28. The molecule has 0 aliphatic carbocycles. The minimum absolute atomic E-state index is 1.43. The summed E-state index contributed by atoms with van der Waals surface area (Å²) in [5.74, 6) is 0. The maximum absolute atomic E-state index is 11.0. The SMILES string of the molecule is [2H]PC(=O)C(F)(F)F. The summed E-state index contributed by atoms with van der Waals surface area (Å²) in [6, 6.07) is 0. The molecule has 5 heteroatoms. The average Bonchev–Trinajstić information content (AvgIpc) is 1.62. The predicted octanol–water partition coefficient (Wildman–Crippen LogP) is 0.950. The van der Waals surface area contributed by atoms with Crippen molar-refractivity contribution in [3.63, 3.8) is 0 Å². The maximum atomic E-state index is 11.0. The van der Waals surface area contributed by atoms with Crippen molar-refractivity contribution in [3.05, 3.63) is 0 Å². The molecule has 0 aliphatic rings. The Hall–Kier alpha value is -0.110. The van der Waals surface area contributed by atoms with E-state index in [1.54, 1.807) is 0 Å². The Balaban J connectivity index is 3.82. The fraction of sp³-hybridized carbons (Fsp3) is 0.500. The number of carbonyl (C=O) groups excluding carboxylic acids is 1. The van der Waals surface area contributed by atoms with Gasteiger partial charge in [-0.15, -0.1) is 0 Å².